The molecule has 130 valence electrons. The summed E-state index contributed by atoms with van der Waals surface area (Å²) in [5.74, 6) is 0.0990. The molecule has 2 rings (SSSR count). The SMILES string of the molecule is C=CCNC(=O)CCC(=O)N(C1CC1)C1CCN(CCC)CC1. The van der Waals surface area contributed by atoms with Crippen LogP contribution in [0.4, 0.5) is 0 Å². The summed E-state index contributed by atoms with van der Waals surface area (Å²) in [6.07, 6.45) is 7.86. The van der Waals surface area contributed by atoms with E-state index in [4.69, 9.17) is 0 Å². The molecular formula is C18H31N3O2. The van der Waals surface area contributed by atoms with E-state index in [2.05, 4.69) is 28.6 Å². The van der Waals surface area contributed by atoms with Gasteiger partial charge in [0.1, 0.15) is 0 Å². The van der Waals surface area contributed by atoms with Gasteiger partial charge in [0, 0.05) is 44.6 Å². The van der Waals surface area contributed by atoms with E-state index in [1.807, 2.05) is 0 Å². The van der Waals surface area contributed by atoms with E-state index in [9.17, 15) is 9.59 Å². The van der Waals surface area contributed by atoms with Crippen LogP contribution in [-0.2, 0) is 9.59 Å². The van der Waals surface area contributed by atoms with Gasteiger partial charge in [-0.3, -0.25) is 9.59 Å². The van der Waals surface area contributed by atoms with Crippen molar-refractivity contribution >= 4 is 11.8 Å². The lowest BCUT2D eigenvalue weighted by Gasteiger charge is -2.39. The molecule has 0 aromatic heterocycles. The maximum absolute atomic E-state index is 12.6. The zero-order valence-electron chi connectivity index (χ0n) is 14.4. The van der Waals surface area contributed by atoms with Crippen LogP contribution in [0.25, 0.3) is 0 Å². The van der Waals surface area contributed by atoms with Crippen molar-refractivity contribution in [1.82, 2.24) is 15.1 Å². The maximum Gasteiger partial charge on any atom is 0.223 e. The summed E-state index contributed by atoms with van der Waals surface area (Å²) >= 11 is 0. The van der Waals surface area contributed by atoms with E-state index >= 15 is 0 Å². The van der Waals surface area contributed by atoms with Crippen LogP contribution in [0.15, 0.2) is 12.7 Å². The number of nitrogens with zero attached hydrogens (tertiary/aromatic N) is 2. The molecule has 5 heteroatoms. The lowest BCUT2D eigenvalue weighted by molar-refractivity contribution is -0.137. The average molecular weight is 321 g/mol. The van der Waals surface area contributed by atoms with Gasteiger partial charge in [0.25, 0.3) is 0 Å². The molecule has 0 unspecified atom stereocenters. The molecule has 2 aliphatic rings. The number of likely N-dealkylation sites (tertiary alicyclic amines) is 1. The number of carbonyl (C=O) groups excluding carboxylic acids is 2. The van der Waals surface area contributed by atoms with Gasteiger partial charge in [0.15, 0.2) is 0 Å². The molecule has 1 saturated heterocycles. The number of carbonyl (C=O) groups is 2. The highest BCUT2D eigenvalue weighted by atomic mass is 16.2. The van der Waals surface area contributed by atoms with Gasteiger partial charge in [0.2, 0.25) is 11.8 Å². The summed E-state index contributed by atoms with van der Waals surface area (Å²) in [6.45, 7) is 9.60. The highest BCUT2D eigenvalue weighted by Gasteiger charge is 2.38. The van der Waals surface area contributed by atoms with Crippen molar-refractivity contribution in [3.8, 4) is 0 Å². The second-order valence-electron chi connectivity index (χ2n) is 6.70. The highest BCUT2D eigenvalue weighted by molar-refractivity contribution is 5.84. The zero-order chi connectivity index (χ0) is 16.7. The number of rotatable bonds is 9. The van der Waals surface area contributed by atoms with Crippen molar-refractivity contribution in [2.24, 2.45) is 0 Å². The van der Waals surface area contributed by atoms with Gasteiger partial charge in [-0.25, -0.2) is 0 Å². The minimum Gasteiger partial charge on any atom is -0.353 e. The smallest absolute Gasteiger partial charge is 0.223 e. The minimum atomic E-state index is -0.0632. The molecule has 0 radical (unpaired) electrons. The van der Waals surface area contributed by atoms with E-state index in [0.717, 1.165) is 45.3 Å². The maximum atomic E-state index is 12.6. The molecule has 0 bridgehead atoms. The molecule has 1 N–H and O–H groups in total. The predicted octanol–water partition coefficient (Wildman–Crippen LogP) is 1.93. The summed E-state index contributed by atoms with van der Waals surface area (Å²) in [5.41, 5.74) is 0. The standard InChI is InChI=1S/C18H31N3O2/c1-3-11-19-17(22)7-8-18(23)21(15-5-6-15)16-9-13-20(12-4-2)14-10-16/h3,15-16H,1,4-14H2,2H3,(H,19,22). The summed E-state index contributed by atoms with van der Waals surface area (Å²) in [6, 6.07) is 0.806. The second-order valence-corrected chi connectivity index (χ2v) is 6.70. The van der Waals surface area contributed by atoms with Crippen LogP contribution in [0, 0.1) is 0 Å². The summed E-state index contributed by atoms with van der Waals surface area (Å²) in [4.78, 5) is 28.9. The molecule has 23 heavy (non-hydrogen) atoms. The molecule has 2 fully saturated rings. The van der Waals surface area contributed by atoms with Crippen LogP contribution in [0.5, 0.6) is 0 Å². The molecular weight excluding hydrogens is 290 g/mol. The number of hydrogen-bond donors (Lipinski definition) is 1. The third kappa shape index (κ3) is 5.65. The topological polar surface area (TPSA) is 52.7 Å². The van der Waals surface area contributed by atoms with Crippen molar-refractivity contribution in [2.75, 3.05) is 26.2 Å². The minimum absolute atomic E-state index is 0.0632. The fourth-order valence-electron chi connectivity index (χ4n) is 3.42. The van der Waals surface area contributed by atoms with E-state index < -0.39 is 0 Å². The Bertz CT molecular complexity index is 412. The van der Waals surface area contributed by atoms with Gasteiger partial charge in [-0.1, -0.05) is 13.0 Å². The van der Waals surface area contributed by atoms with Crippen LogP contribution in [0.2, 0.25) is 0 Å². The van der Waals surface area contributed by atoms with Crippen LogP contribution >= 0.6 is 0 Å². The first-order valence-corrected chi connectivity index (χ1v) is 9.06. The highest BCUT2D eigenvalue weighted by Crippen LogP contribution is 2.32. The van der Waals surface area contributed by atoms with E-state index in [0.29, 0.717) is 25.0 Å². The normalized spacial score (nSPS) is 19.3. The van der Waals surface area contributed by atoms with Gasteiger partial charge < -0.3 is 15.1 Å². The Balaban J connectivity index is 1.80. The van der Waals surface area contributed by atoms with Crippen molar-refractivity contribution in [3.63, 3.8) is 0 Å². The molecule has 2 amide bonds. The monoisotopic (exact) mass is 321 g/mol. The van der Waals surface area contributed by atoms with E-state index in [1.165, 1.54) is 6.42 Å². The Morgan fingerprint density at radius 2 is 1.83 bits per heavy atom. The number of amides is 2. The van der Waals surface area contributed by atoms with Gasteiger partial charge in [-0.2, -0.15) is 0 Å². The molecule has 0 spiro atoms. The van der Waals surface area contributed by atoms with E-state index in [-0.39, 0.29) is 18.2 Å². The zero-order valence-corrected chi connectivity index (χ0v) is 14.4. The Morgan fingerprint density at radius 1 is 1.17 bits per heavy atom. The number of nitrogens with one attached hydrogen (secondary N) is 1. The average Bonchev–Trinajstić information content (AvgIpc) is 3.38. The van der Waals surface area contributed by atoms with Crippen LogP contribution in [0.1, 0.15) is 51.9 Å². The van der Waals surface area contributed by atoms with Gasteiger partial charge in [-0.05, 0) is 38.6 Å². The summed E-state index contributed by atoms with van der Waals surface area (Å²) in [5, 5.41) is 2.74. The molecule has 5 nitrogen and oxygen atoms in total. The largest absolute Gasteiger partial charge is 0.353 e. The third-order valence-corrected chi connectivity index (χ3v) is 4.73. The van der Waals surface area contributed by atoms with Gasteiger partial charge >= 0.3 is 0 Å². The van der Waals surface area contributed by atoms with Crippen molar-refractivity contribution < 1.29 is 9.59 Å². The lowest BCUT2D eigenvalue weighted by Crippen LogP contribution is -2.48. The summed E-state index contributed by atoms with van der Waals surface area (Å²) < 4.78 is 0. The van der Waals surface area contributed by atoms with Gasteiger partial charge in [0.05, 0.1) is 0 Å². The fraction of sp³-hybridized carbons (Fsp3) is 0.778. The van der Waals surface area contributed by atoms with Crippen LogP contribution in [0.3, 0.4) is 0 Å². The molecule has 0 aromatic rings. The second kappa shape index (κ2) is 9.06. The lowest BCUT2D eigenvalue weighted by atomic mass is 10.0. The molecule has 1 aliphatic carbocycles. The summed E-state index contributed by atoms with van der Waals surface area (Å²) in [7, 11) is 0. The Kier molecular flexibility index (Phi) is 7.09. The Hall–Kier alpha value is -1.36. The predicted molar refractivity (Wildman–Crippen MR) is 92.1 cm³/mol. The first kappa shape index (κ1) is 18.0. The first-order valence-electron chi connectivity index (χ1n) is 9.06. The van der Waals surface area contributed by atoms with Crippen LogP contribution in [-0.4, -0.2) is 59.9 Å². The molecule has 0 atom stereocenters. The Morgan fingerprint density at radius 3 is 2.39 bits per heavy atom. The Labute approximate surface area is 140 Å². The van der Waals surface area contributed by atoms with E-state index in [1.54, 1.807) is 6.08 Å². The number of piperidine rings is 1. The molecule has 0 aromatic carbocycles. The van der Waals surface area contributed by atoms with Crippen molar-refractivity contribution in [3.05, 3.63) is 12.7 Å². The van der Waals surface area contributed by atoms with Crippen molar-refractivity contribution in [2.45, 2.75) is 64.0 Å². The first-order chi connectivity index (χ1) is 11.2. The molecule has 1 saturated carbocycles. The van der Waals surface area contributed by atoms with Crippen molar-refractivity contribution in [1.29, 1.82) is 0 Å². The fourth-order valence-corrected chi connectivity index (χ4v) is 3.42. The number of hydrogen-bond acceptors (Lipinski definition) is 3. The van der Waals surface area contributed by atoms with Gasteiger partial charge in [-0.15, -0.1) is 6.58 Å². The third-order valence-electron chi connectivity index (χ3n) is 4.73. The van der Waals surface area contributed by atoms with Crippen LogP contribution < -0.4 is 5.32 Å². The molecule has 1 aliphatic heterocycles. The molecule has 1 heterocycles. The quantitative estimate of drug-likeness (QED) is 0.660.